The van der Waals surface area contributed by atoms with Crippen molar-refractivity contribution in [3.63, 3.8) is 0 Å². The SMILES string of the molecule is CC(C)c1ncccc1-c1ncc2[nH]c(=O)n(Cc3ccc(-c4nc(C(F)(F)F)cn4C4COC4)cc3)c2n1. The molecule has 0 saturated carbocycles. The van der Waals surface area contributed by atoms with E-state index in [0.29, 0.717) is 35.8 Å². The Kier molecular flexibility index (Phi) is 6.06. The Morgan fingerprint density at radius 2 is 1.87 bits per heavy atom. The lowest BCUT2D eigenvalue weighted by atomic mass is 10.0. The van der Waals surface area contributed by atoms with Crippen molar-refractivity contribution < 1.29 is 17.9 Å². The van der Waals surface area contributed by atoms with Gasteiger partial charge in [-0.3, -0.25) is 9.55 Å². The molecular weight excluding hydrogens is 511 g/mol. The minimum atomic E-state index is -4.55. The molecule has 39 heavy (non-hydrogen) atoms. The molecule has 6 rings (SSSR count). The Morgan fingerprint density at radius 3 is 2.54 bits per heavy atom. The van der Waals surface area contributed by atoms with Gasteiger partial charge in [-0.05, 0) is 23.6 Å². The molecule has 0 atom stereocenters. The first-order chi connectivity index (χ1) is 18.7. The van der Waals surface area contributed by atoms with Crippen molar-refractivity contribution in [1.82, 2.24) is 34.1 Å². The molecule has 1 aliphatic rings. The fraction of sp³-hybridized carbons (Fsp3) is 0.296. The summed E-state index contributed by atoms with van der Waals surface area (Å²) in [6.07, 6.45) is -0.207. The molecule has 1 aromatic carbocycles. The second-order valence-corrected chi connectivity index (χ2v) is 9.78. The number of benzene rings is 1. The third-order valence-corrected chi connectivity index (χ3v) is 6.73. The zero-order valence-corrected chi connectivity index (χ0v) is 21.1. The van der Waals surface area contributed by atoms with Crippen molar-refractivity contribution in [3.05, 3.63) is 82.4 Å². The van der Waals surface area contributed by atoms with E-state index in [0.717, 1.165) is 23.0 Å². The molecule has 1 aliphatic heterocycles. The fourth-order valence-electron chi connectivity index (χ4n) is 4.64. The number of imidazole rings is 2. The molecule has 5 aromatic rings. The maximum Gasteiger partial charge on any atom is 0.434 e. The Bertz CT molecular complexity index is 1710. The number of nitrogens with zero attached hydrogens (tertiary/aromatic N) is 6. The van der Waals surface area contributed by atoms with E-state index < -0.39 is 11.9 Å². The van der Waals surface area contributed by atoms with Gasteiger partial charge in [0.2, 0.25) is 0 Å². The number of ether oxygens (including phenoxy) is 1. The highest BCUT2D eigenvalue weighted by molar-refractivity contribution is 5.73. The van der Waals surface area contributed by atoms with E-state index >= 15 is 0 Å². The Morgan fingerprint density at radius 1 is 1.10 bits per heavy atom. The smallest absolute Gasteiger partial charge is 0.377 e. The van der Waals surface area contributed by atoms with Crippen LogP contribution in [0.3, 0.4) is 0 Å². The highest BCUT2D eigenvalue weighted by atomic mass is 19.4. The molecule has 1 N–H and O–H groups in total. The highest BCUT2D eigenvalue weighted by Gasteiger charge is 2.36. The summed E-state index contributed by atoms with van der Waals surface area (Å²) in [5.41, 5.74) is 2.63. The normalized spacial score (nSPS) is 14.3. The van der Waals surface area contributed by atoms with E-state index in [1.807, 2.05) is 26.0 Å². The molecule has 9 nitrogen and oxygen atoms in total. The topological polar surface area (TPSA) is 104 Å². The Hall–Kier alpha value is -4.32. The first-order valence-corrected chi connectivity index (χ1v) is 12.4. The fourth-order valence-corrected chi connectivity index (χ4v) is 4.64. The Labute approximate surface area is 220 Å². The number of rotatable bonds is 6. The lowest BCUT2D eigenvalue weighted by molar-refractivity contribution is -0.141. The van der Waals surface area contributed by atoms with Gasteiger partial charge in [0.15, 0.2) is 17.2 Å². The molecule has 0 bridgehead atoms. The summed E-state index contributed by atoms with van der Waals surface area (Å²) >= 11 is 0. The minimum absolute atomic E-state index is 0.159. The molecule has 1 saturated heterocycles. The van der Waals surface area contributed by atoms with E-state index in [2.05, 4.69) is 19.9 Å². The lowest BCUT2D eigenvalue weighted by Crippen LogP contribution is -2.30. The first kappa shape index (κ1) is 25.0. The predicted molar refractivity (Wildman–Crippen MR) is 137 cm³/mol. The number of fused-ring (bicyclic) bond motifs is 1. The van der Waals surface area contributed by atoms with Crippen LogP contribution < -0.4 is 5.69 Å². The average Bonchev–Trinajstić information content (AvgIpc) is 3.45. The van der Waals surface area contributed by atoms with Crippen LogP contribution in [0.15, 0.2) is 59.8 Å². The third-order valence-electron chi connectivity index (χ3n) is 6.73. The van der Waals surface area contributed by atoms with Crippen molar-refractivity contribution >= 4 is 11.2 Å². The molecule has 0 spiro atoms. The van der Waals surface area contributed by atoms with E-state index in [1.54, 1.807) is 36.7 Å². The van der Waals surface area contributed by atoms with Crippen LogP contribution in [0, 0.1) is 0 Å². The molecule has 200 valence electrons. The number of hydrogen-bond acceptors (Lipinski definition) is 6. The largest absolute Gasteiger partial charge is 0.434 e. The Balaban J connectivity index is 1.33. The number of hydrogen-bond donors (Lipinski definition) is 1. The van der Waals surface area contributed by atoms with Gasteiger partial charge in [-0.2, -0.15) is 13.2 Å². The van der Waals surface area contributed by atoms with Gasteiger partial charge in [0, 0.05) is 23.5 Å². The summed E-state index contributed by atoms with van der Waals surface area (Å²) < 4.78 is 48.3. The summed E-state index contributed by atoms with van der Waals surface area (Å²) in [4.78, 5) is 33.1. The van der Waals surface area contributed by atoms with E-state index in [4.69, 9.17) is 9.72 Å². The summed E-state index contributed by atoms with van der Waals surface area (Å²) in [5, 5.41) is 0. The molecule has 1 fully saturated rings. The molecule has 0 amide bonds. The van der Waals surface area contributed by atoms with Crippen molar-refractivity contribution in [1.29, 1.82) is 0 Å². The van der Waals surface area contributed by atoms with Crippen LogP contribution in [0.4, 0.5) is 13.2 Å². The van der Waals surface area contributed by atoms with Crippen LogP contribution in [-0.2, 0) is 17.5 Å². The maximum atomic E-state index is 13.4. The first-order valence-electron chi connectivity index (χ1n) is 12.4. The van der Waals surface area contributed by atoms with Gasteiger partial charge in [0.1, 0.15) is 11.3 Å². The van der Waals surface area contributed by atoms with Crippen molar-refractivity contribution in [2.24, 2.45) is 0 Å². The number of pyridine rings is 1. The molecule has 4 aromatic heterocycles. The summed E-state index contributed by atoms with van der Waals surface area (Å²) in [7, 11) is 0. The number of aromatic amines is 1. The zero-order valence-electron chi connectivity index (χ0n) is 21.1. The molecule has 5 heterocycles. The number of nitrogens with one attached hydrogen (secondary N) is 1. The van der Waals surface area contributed by atoms with Crippen molar-refractivity contribution in [3.8, 4) is 22.8 Å². The number of H-pyrrole nitrogens is 1. The van der Waals surface area contributed by atoms with E-state index in [9.17, 15) is 18.0 Å². The summed E-state index contributed by atoms with van der Waals surface area (Å²) in [6.45, 7) is 4.96. The quantitative estimate of drug-likeness (QED) is 0.335. The van der Waals surface area contributed by atoms with Gasteiger partial charge in [0.25, 0.3) is 0 Å². The summed E-state index contributed by atoms with van der Waals surface area (Å²) in [6, 6.07) is 10.5. The van der Waals surface area contributed by atoms with Gasteiger partial charge in [-0.15, -0.1) is 0 Å². The molecule has 0 unspecified atom stereocenters. The summed E-state index contributed by atoms with van der Waals surface area (Å²) in [5.74, 6) is 0.850. The molecule has 12 heteroatoms. The molecule has 0 radical (unpaired) electrons. The van der Waals surface area contributed by atoms with Crippen LogP contribution in [0.5, 0.6) is 0 Å². The van der Waals surface area contributed by atoms with Gasteiger partial charge >= 0.3 is 11.9 Å². The van der Waals surface area contributed by atoms with Crippen LogP contribution >= 0.6 is 0 Å². The van der Waals surface area contributed by atoms with Gasteiger partial charge < -0.3 is 14.3 Å². The van der Waals surface area contributed by atoms with Crippen LogP contribution in [0.25, 0.3) is 33.9 Å². The van der Waals surface area contributed by atoms with Gasteiger partial charge in [0.05, 0.1) is 37.7 Å². The van der Waals surface area contributed by atoms with Gasteiger partial charge in [-0.1, -0.05) is 38.1 Å². The standard InChI is InChI=1S/C27H24F3N7O2/c1-15(2)22-19(4-3-9-31-22)23-32-10-20-25(35-23)37(26(38)33-20)11-16-5-7-17(8-6-16)24-34-21(27(28,29)30)12-36(24)18-13-39-14-18/h3-10,12,15,18H,11,13-14H2,1-2H3,(H,33,38). The van der Waals surface area contributed by atoms with Crippen molar-refractivity contribution in [2.75, 3.05) is 13.2 Å². The average molecular weight is 536 g/mol. The van der Waals surface area contributed by atoms with Crippen molar-refractivity contribution in [2.45, 2.75) is 38.5 Å². The second-order valence-electron chi connectivity index (χ2n) is 9.78. The number of halogens is 3. The van der Waals surface area contributed by atoms with Crippen LogP contribution in [0.1, 0.15) is 42.8 Å². The minimum Gasteiger partial charge on any atom is -0.377 e. The number of aromatic nitrogens is 7. The van der Waals surface area contributed by atoms with Crippen LogP contribution in [-0.4, -0.2) is 47.3 Å². The van der Waals surface area contributed by atoms with E-state index in [-0.39, 0.29) is 30.0 Å². The second kappa shape index (κ2) is 9.45. The molecular formula is C27H24F3N7O2. The monoisotopic (exact) mass is 535 g/mol. The predicted octanol–water partition coefficient (Wildman–Crippen LogP) is 4.81. The van der Waals surface area contributed by atoms with Crippen LogP contribution in [0.2, 0.25) is 0 Å². The molecule has 0 aliphatic carbocycles. The zero-order chi connectivity index (χ0) is 27.3. The lowest BCUT2D eigenvalue weighted by Gasteiger charge is -2.28. The highest BCUT2D eigenvalue weighted by Crippen LogP contribution is 2.34. The third kappa shape index (κ3) is 4.60. The maximum absolute atomic E-state index is 13.4. The number of alkyl halides is 3. The van der Waals surface area contributed by atoms with E-state index in [1.165, 1.54) is 9.13 Å². The van der Waals surface area contributed by atoms with Gasteiger partial charge in [-0.25, -0.2) is 19.7 Å².